The van der Waals surface area contributed by atoms with Crippen molar-refractivity contribution in [2.45, 2.75) is 6.43 Å². The minimum atomic E-state index is -2.49. The van der Waals surface area contributed by atoms with Gasteiger partial charge in [0, 0.05) is 5.56 Å². The predicted molar refractivity (Wildman–Crippen MR) is 58.5 cm³/mol. The van der Waals surface area contributed by atoms with E-state index in [1.807, 2.05) is 0 Å². The second kappa shape index (κ2) is 5.05. The molecule has 3 nitrogen and oxygen atoms in total. The number of alkyl halides is 2. The number of aromatic nitrogens is 2. The van der Waals surface area contributed by atoms with Crippen LogP contribution in [0.25, 0.3) is 0 Å². The second-order valence-electron chi connectivity index (χ2n) is 3.15. The Morgan fingerprint density at radius 1 is 1.12 bits per heavy atom. The maximum atomic E-state index is 12.3. The highest BCUT2D eigenvalue weighted by molar-refractivity contribution is 6.29. The molecule has 1 aromatic heterocycles. The fourth-order valence-corrected chi connectivity index (χ4v) is 1.32. The monoisotopic (exact) mass is 256 g/mol. The van der Waals surface area contributed by atoms with Crippen molar-refractivity contribution in [3.63, 3.8) is 0 Å². The Kier molecular flexibility index (Phi) is 3.49. The zero-order valence-corrected chi connectivity index (χ0v) is 9.23. The van der Waals surface area contributed by atoms with Crippen LogP contribution in [0.3, 0.4) is 0 Å². The number of halogens is 3. The summed E-state index contributed by atoms with van der Waals surface area (Å²) in [7, 11) is 0. The zero-order chi connectivity index (χ0) is 12.3. The molecular formula is C11H7ClF2N2O. The van der Waals surface area contributed by atoms with E-state index < -0.39 is 6.43 Å². The maximum Gasteiger partial charge on any atom is 0.263 e. The molecule has 0 unspecified atom stereocenters. The molecule has 17 heavy (non-hydrogen) atoms. The zero-order valence-electron chi connectivity index (χ0n) is 8.48. The van der Waals surface area contributed by atoms with Gasteiger partial charge in [0.1, 0.15) is 5.75 Å². The molecule has 0 fully saturated rings. The quantitative estimate of drug-likeness (QED) is 0.836. The fraction of sp³-hybridized carbons (Fsp3) is 0.0909. The van der Waals surface area contributed by atoms with Crippen LogP contribution in [0.2, 0.25) is 5.15 Å². The van der Waals surface area contributed by atoms with Gasteiger partial charge in [-0.2, -0.15) is 4.98 Å². The van der Waals surface area contributed by atoms with E-state index >= 15 is 0 Å². The maximum absolute atomic E-state index is 12.3. The number of rotatable bonds is 3. The molecule has 1 heterocycles. The lowest BCUT2D eigenvalue weighted by atomic mass is 10.2. The summed E-state index contributed by atoms with van der Waals surface area (Å²) in [5, 5.41) is 0.201. The van der Waals surface area contributed by atoms with Crippen LogP contribution in [0.15, 0.2) is 36.7 Å². The smallest absolute Gasteiger partial charge is 0.263 e. The van der Waals surface area contributed by atoms with Gasteiger partial charge in [-0.25, -0.2) is 8.78 Å². The molecule has 0 amide bonds. The van der Waals surface area contributed by atoms with Crippen LogP contribution in [-0.4, -0.2) is 9.97 Å². The van der Waals surface area contributed by atoms with Gasteiger partial charge < -0.3 is 4.74 Å². The Labute approximate surface area is 101 Å². The van der Waals surface area contributed by atoms with E-state index in [0.717, 1.165) is 0 Å². The fourth-order valence-electron chi connectivity index (χ4n) is 1.18. The number of ether oxygens (including phenoxy) is 1. The summed E-state index contributed by atoms with van der Waals surface area (Å²) in [6, 6.07) is 5.45. The van der Waals surface area contributed by atoms with Crippen LogP contribution in [0.1, 0.15) is 12.0 Å². The minimum Gasteiger partial charge on any atom is -0.437 e. The molecule has 0 atom stereocenters. The highest BCUT2D eigenvalue weighted by Crippen LogP contribution is 2.24. The third kappa shape index (κ3) is 3.10. The molecule has 0 radical (unpaired) electrons. The van der Waals surface area contributed by atoms with Gasteiger partial charge in [0.15, 0.2) is 5.15 Å². The van der Waals surface area contributed by atoms with Gasteiger partial charge in [-0.15, -0.1) is 0 Å². The molecule has 1 aromatic carbocycles. The molecule has 88 valence electrons. The van der Waals surface area contributed by atoms with Crippen molar-refractivity contribution in [3.05, 3.63) is 47.4 Å². The van der Waals surface area contributed by atoms with Gasteiger partial charge in [-0.1, -0.05) is 11.6 Å². The lowest BCUT2D eigenvalue weighted by Crippen LogP contribution is -1.90. The van der Waals surface area contributed by atoms with Gasteiger partial charge in [-0.3, -0.25) is 4.98 Å². The summed E-state index contributed by atoms with van der Waals surface area (Å²) in [4.78, 5) is 7.65. The molecule has 0 bridgehead atoms. The topological polar surface area (TPSA) is 35.0 Å². The van der Waals surface area contributed by atoms with Gasteiger partial charge in [-0.05, 0) is 24.3 Å². The van der Waals surface area contributed by atoms with Crippen molar-refractivity contribution >= 4 is 11.6 Å². The number of hydrogen-bond donors (Lipinski definition) is 0. The Bertz CT molecular complexity index is 505. The van der Waals surface area contributed by atoms with Crippen molar-refractivity contribution in [2.24, 2.45) is 0 Å². The Morgan fingerprint density at radius 2 is 1.82 bits per heavy atom. The van der Waals surface area contributed by atoms with Gasteiger partial charge >= 0.3 is 0 Å². The first kappa shape index (κ1) is 11.7. The molecular weight excluding hydrogens is 250 g/mol. The Morgan fingerprint density at radius 3 is 2.41 bits per heavy atom. The van der Waals surface area contributed by atoms with Gasteiger partial charge in [0.25, 0.3) is 6.43 Å². The SMILES string of the molecule is FC(F)c1ccc(Oc2cncc(Cl)n2)cc1. The molecule has 2 rings (SSSR count). The first-order chi connectivity index (χ1) is 8.15. The molecule has 2 aromatic rings. The van der Waals surface area contributed by atoms with Crippen molar-refractivity contribution in [1.82, 2.24) is 9.97 Å². The third-order valence-electron chi connectivity index (χ3n) is 1.94. The molecule has 0 aliphatic heterocycles. The highest BCUT2D eigenvalue weighted by Gasteiger charge is 2.07. The number of nitrogens with zero attached hydrogens (tertiary/aromatic N) is 2. The standard InChI is InChI=1S/C11H7ClF2N2O/c12-9-5-15-6-10(16-9)17-8-3-1-7(2-4-8)11(13)14/h1-6,11H. The van der Waals surface area contributed by atoms with Gasteiger partial charge in [0.2, 0.25) is 5.88 Å². The van der Waals surface area contributed by atoms with E-state index in [2.05, 4.69) is 9.97 Å². The summed E-state index contributed by atoms with van der Waals surface area (Å²) < 4.78 is 29.9. The van der Waals surface area contributed by atoms with E-state index in [4.69, 9.17) is 16.3 Å². The lowest BCUT2D eigenvalue weighted by molar-refractivity contribution is 0.151. The summed E-state index contributed by atoms with van der Waals surface area (Å²) in [5.74, 6) is 0.605. The summed E-state index contributed by atoms with van der Waals surface area (Å²) in [6.07, 6.45) is 0.260. The number of hydrogen-bond acceptors (Lipinski definition) is 3. The minimum absolute atomic E-state index is 0.0606. The van der Waals surface area contributed by atoms with Crippen LogP contribution in [0, 0.1) is 0 Å². The summed E-state index contributed by atoms with van der Waals surface area (Å²) >= 11 is 5.63. The number of benzene rings is 1. The van der Waals surface area contributed by atoms with Crippen LogP contribution in [0.5, 0.6) is 11.6 Å². The van der Waals surface area contributed by atoms with E-state index in [9.17, 15) is 8.78 Å². The molecule has 0 aliphatic carbocycles. The van der Waals surface area contributed by atoms with E-state index in [-0.39, 0.29) is 16.6 Å². The van der Waals surface area contributed by atoms with Crippen LogP contribution < -0.4 is 4.74 Å². The van der Waals surface area contributed by atoms with Crippen molar-refractivity contribution in [3.8, 4) is 11.6 Å². The molecule has 0 saturated heterocycles. The van der Waals surface area contributed by atoms with E-state index in [1.54, 1.807) is 0 Å². The largest absolute Gasteiger partial charge is 0.437 e. The Balaban J connectivity index is 2.14. The molecule has 0 spiro atoms. The third-order valence-corrected chi connectivity index (χ3v) is 2.12. The van der Waals surface area contributed by atoms with Crippen molar-refractivity contribution in [1.29, 1.82) is 0 Å². The summed E-state index contributed by atoms with van der Waals surface area (Å²) in [6.45, 7) is 0. The molecule has 0 saturated carbocycles. The Hall–Kier alpha value is -1.75. The average molecular weight is 257 g/mol. The van der Waals surface area contributed by atoms with Crippen LogP contribution in [0.4, 0.5) is 8.78 Å². The van der Waals surface area contributed by atoms with Crippen molar-refractivity contribution in [2.75, 3.05) is 0 Å². The second-order valence-corrected chi connectivity index (χ2v) is 3.54. The van der Waals surface area contributed by atoms with Crippen molar-refractivity contribution < 1.29 is 13.5 Å². The molecule has 0 aliphatic rings. The summed E-state index contributed by atoms with van der Waals surface area (Å²) in [5.41, 5.74) is -0.0606. The first-order valence-corrected chi connectivity index (χ1v) is 5.06. The lowest BCUT2D eigenvalue weighted by Gasteiger charge is -2.05. The van der Waals surface area contributed by atoms with Gasteiger partial charge in [0.05, 0.1) is 12.4 Å². The normalized spacial score (nSPS) is 10.6. The average Bonchev–Trinajstić information content (AvgIpc) is 2.29. The van der Waals surface area contributed by atoms with Crippen LogP contribution >= 0.6 is 11.6 Å². The molecule has 6 heteroatoms. The highest BCUT2D eigenvalue weighted by atomic mass is 35.5. The van der Waals surface area contributed by atoms with Crippen LogP contribution in [-0.2, 0) is 0 Å². The predicted octanol–water partition coefficient (Wildman–Crippen LogP) is 3.86. The molecule has 0 N–H and O–H groups in total. The van der Waals surface area contributed by atoms with E-state index in [1.165, 1.54) is 36.7 Å². The first-order valence-electron chi connectivity index (χ1n) is 4.68. The van der Waals surface area contributed by atoms with E-state index in [0.29, 0.717) is 5.75 Å².